The zero-order valence-electron chi connectivity index (χ0n) is 19.6. The van der Waals surface area contributed by atoms with Gasteiger partial charge >= 0.3 is 5.97 Å². The Morgan fingerprint density at radius 3 is 2.79 bits per heavy atom. The molecule has 0 radical (unpaired) electrons. The van der Waals surface area contributed by atoms with Crippen LogP contribution in [0.25, 0.3) is 11.4 Å². The summed E-state index contributed by atoms with van der Waals surface area (Å²) in [5.74, 6) is 0.110. The monoisotopic (exact) mass is 453 g/mol. The van der Waals surface area contributed by atoms with Crippen molar-refractivity contribution in [2.75, 3.05) is 0 Å². The third-order valence-electron chi connectivity index (χ3n) is 6.01. The molecule has 1 saturated carbocycles. The Hall–Kier alpha value is -3.30. The molecule has 1 N–H and O–H groups in total. The lowest BCUT2D eigenvalue weighted by Crippen LogP contribution is -2.29. The standard InChI is InChI=1S/C23H31N7O3/c1-14(2)10-17-12-30(28-25-17)13-20-22(26-27-29(20)4)19-8-9-21(15(3)24-19)33-18-7-5-6-16(11-18)23(31)32/h8-9,12,14,16,18H,5-7,10-11,13H2,1-4H3,(H,31,32)/t16-,18-/m0/s1. The van der Waals surface area contributed by atoms with Crippen molar-refractivity contribution >= 4 is 5.97 Å². The Morgan fingerprint density at radius 2 is 2.06 bits per heavy atom. The van der Waals surface area contributed by atoms with Crippen molar-refractivity contribution in [1.82, 2.24) is 35.0 Å². The summed E-state index contributed by atoms with van der Waals surface area (Å²) < 4.78 is 9.66. The number of carboxylic acids is 1. The molecule has 0 unspecified atom stereocenters. The normalized spacial score (nSPS) is 18.6. The molecule has 1 fully saturated rings. The third kappa shape index (κ3) is 5.37. The Balaban J connectivity index is 1.50. The van der Waals surface area contributed by atoms with Gasteiger partial charge in [-0.1, -0.05) is 24.3 Å². The molecule has 176 valence electrons. The molecule has 0 spiro atoms. The summed E-state index contributed by atoms with van der Waals surface area (Å²) in [4.78, 5) is 16.1. The van der Waals surface area contributed by atoms with Crippen molar-refractivity contribution in [3.05, 3.63) is 35.4 Å². The molecule has 3 aromatic rings. The summed E-state index contributed by atoms with van der Waals surface area (Å²) in [5.41, 5.74) is 3.98. The van der Waals surface area contributed by atoms with Gasteiger partial charge in [0.25, 0.3) is 0 Å². The van der Waals surface area contributed by atoms with E-state index in [9.17, 15) is 9.90 Å². The second kappa shape index (κ2) is 9.68. The van der Waals surface area contributed by atoms with Crippen molar-refractivity contribution in [2.24, 2.45) is 18.9 Å². The van der Waals surface area contributed by atoms with Gasteiger partial charge in [0.2, 0.25) is 0 Å². The van der Waals surface area contributed by atoms with E-state index in [0.29, 0.717) is 42.4 Å². The van der Waals surface area contributed by atoms with Gasteiger partial charge in [0, 0.05) is 13.2 Å². The highest BCUT2D eigenvalue weighted by Gasteiger charge is 2.28. The van der Waals surface area contributed by atoms with Crippen LogP contribution in [0, 0.1) is 18.8 Å². The molecular formula is C23H31N7O3. The topological polar surface area (TPSA) is 121 Å². The summed E-state index contributed by atoms with van der Waals surface area (Å²) in [6.07, 6.45) is 5.69. The summed E-state index contributed by atoms with van der Waals surface area (Å²) in [5, 5.41) is 26.4. The number of rotatable bonds is 8. The van der Waals surface area contributed by atoms with Crippen LogP contribution in [0.2, 0.25) is 0 Å². The quantitative estimate of drug-likeness (QED) is 0.552. The van der Waals surface area contributed by atoms with Gasteiger partial charge in [0.1, 0.15) is 11.4 Å². The summed E-state index contributed by atoms with van der Waals surface area (Å²) in [7, 11) is 1.85. The van der Waals surface area contributed by atoms with Crippen LogP contribution in [0.3, 0.4) is 0 Å². The molecule has 2 atom stereocenters. The fourth-order valence-electron chi connectivity index (χ4n) is 4.29. The van der Waals surface area contributed by atoms with Crippen LogP contribution in [-0.4, -0.2) is 52.2 Å². The van der Waals surface area contributed by atoms with E-state index in [-0.39, 0.29) is 12.0 Å². The van der Waals surface area contributed by atoms with Crippen LogP contribution < -0.4 is 4.74 Å². The minimum atomic E-state index is -0.743. The van der Waals surface area contributed by atoms with Crippen molar-refractivity contribution in [1.29, 1.82) is 0 Å². The maximum Gasteiger partial charge on any atom is 0.306 e. The molecular weight excluding hydrogens is 422 g/mol. The van der Waals surface area contributed by atoms with E-state index in [1.807, 2.05) is 32.3 Å². The number of hydrogen-bond donors (Lipinski definition) is 1. The minimum Gasteiger partial charge on any atom is -0.489 e. The van der Waals surface area contributed by atoms with Crippen molar-refractivity contribution < 1.29 is 14.6 Å². The van der Waals surface area contributed by atoms with E-state index in [4.69, 9.17) is 9.72 Å². The maximum absolute atomic E-state index is 11.3. The number of hydrogen-bond acceptors (Lipinski definition) is 7. The van der Waals surface area contributed by atoms with E-state index in [2.05, 4.69) is 34.5 Å². The van der Waals surface area contributed by atoms with Gasteiger partial charge in [-0.2, -0.15) is 0 Å². The lowest BCUT2D eigenvalue weighted by molar-refractivity contribution is -0.143. The first-order chi connectivity index (χ1) is 15.8. The van der Waals surface area contributed by atoms with E-state index in [1.54, 1.807) is 9.36 Å². The van der Waals surface area contributed by atoms with Gasteiger partial charge in [-0.3, -0.25) is 4.79 Å². The fraction of sp³-hybridized carbons (Fsp3) is 0.565. The van der Waals surface area contributed by atoms with Gasteiger partial charge in [-0.05, 0) is 57.1 Å². The molecule has 3 heterocycles. The van der Waals surface area contributed by atoms with Crippen LogP contribution in [-0.2, 0) is 24.8 Å². The minimum absolute atomic E-state index is 0.106. The van der Waals surface area contributed by atoms with E-state index < -0.39 is 5.97 Å². The van der Waals surface area contributed by atoms with Crippen LogP contribution >= 0.6 is 0 Å². The molecule has 4 rings (SSSR count). The highest BCUT2D eigenvalue weighted by Crippen LogP contribution is 2.30. The molecule has 1 aliphatic rings. The first-order valence-electron chi connectivity index (χ1n) is 11.4. The largest absolute Gasteiger partial charge is 0.489 e. The van der Waals surface area contributed by atoms with Gasteiger partial charge in [-0.15, -0.1) is 10.2 Å². The predicted octanol–water partition coefficient (Wildman–Crippen LogP) is 3.05. The van der Waals surface area contributed by atoms with Gasteiger partial charge in [0.15, 0.2) is 0 Å². The lowest BCUT2D eigenvalue weighted by atomic mass is 9.87. The average Bonchev–Trinajstić information content (AvgIpc) is 3.36. The van der Waals surface area contributed by atoms with E-state index in [0.717, 1.165) is 36.3 Å². The van der Waals surface area contributed by atoms with Gasteiger partial charge < -0.3 is 9.84 Å². The lowest BCUT2D eigenvalue weighted by Gasteiger charge is -2.27. The number of ether oxygens (including phenoxy) is 1. The van der Waals surface area contributed by atoms with E-state index in [1.165, 1.54) is 0 Å². The molecule has 0 amide bonds. The summed E-state index contributed by atoms with van der Waals surface area (Å²) >= 11 is 0. The maximum atomic E-state index is 11.3. The molecule has 33 heavy (non-hydrogen) atoms. The zero-order chi connectivity index (χ0) is 23.5. The second-order valence-corrected chi connectivity index (χ2v) is 9.24. The SMILES string of the molecule is Cc1nc(-c2nnn(C)c2Cn2cc(CC(C)C)nn2)ccc1O[C@H]1CCC[C@H](C(=O)O)C1. The molecule has 0 saturated heterocycles. The Labute approximate surface area is 193 Å². The van der Waals surface area contributed by atoms with Crippen LogP contribution in [0.15, 0.2) is 18.3 Å². The number of carboxylic acid groups (broad SMARTS) is 1. The molecule has 10 heteroatoms. The van der Waals surface area contributed by atoms with Crippen LogP contribution in [0.1, 0.15) is 56.6 Å². The Morgan fingerprint density at radius 1 is 1.24 bits per heavy atom. The zero-order valence-corrected chi connectivity index (χ0v) is 19.6. The Kier molecular flexibility index (Phi) is 6.71. The second-order valence-electron chi connectivity index (χ2n) is 9.24. The smallest absolute Gasteiger partial charge is 0.306 e. The number of carbonyl (C=O) groups is 1. The first-order valence-corrected chi connectivity index (χ1v) is 11.4. The molecule has 0 bridgehead atoms. The van der Waals surface area contributed by atoms with Gasteiger partial charge in [-0.25, -0.2) is 14.3 Å². The molecule has 10 nitrogen and oxygen atoms in total. The van der Waals surface area contributed by atoms with Crippen molar-refractivity contribution in [3.63, 3.8) is 0 Å². The molecule has 3 aromatic heterocycles. The van der Waals surface area contributed by atoms with Crippen molar-refractivity contribution in [3.8, 4) is 17.1 Å². The highest BCUT2D eigenvalue weighted by molar-refractivity contribution is 5.70. The Bertz CT molecular complexity index is 1120. The first kappa shape index (κ1) is 22.9. The van der Waals surface area contributed by atoms with Gasteiger partial charge in [0.05, 0.1) is 41.3 Å². The third-order valence-corrected chi connectivity index (χ3v) is 6.01. The number of aliphatic carboxylic acids is 1. The number of nitrogens with zero attached hydrogens (tertiary/aromatic N) is 7. The summed E-state index contributed by atoms with van der Waals surface area (Å²) in [6, 6.07) is 3.76. The fourth-order valence-corrected chi connectivity index (χ4v) is 4.29. The van der Waals surface area contributed by atoms with E-state index >= 15 is 0 Å². The number of aromatic nitrogens is 7. The average molecular weight is 454 g/mol. The number of aryl methyl sites for hydroxylation is 2. The van der Waals surface area contributed by atoms with Crippen LogP contribution in [0.4, 0.5) is 0 Å². The summed E-state index contributed by atoms with van der Waals surface area (Å²) in [6.45, 7) is 6.69. The predicted molar refractivity (Wildman–Crippen MR) is 121 cm³/mol. The highest BCUT2D eigenvalue weighted by atomic mass is 16.5. The molecule has 0 aromatic carbocycles. The van der Waals surface area contributed by atoms with Crippen molar-refractivity contribution in [2.45, 2.75) is 65.5 Å². The number of pyridine rings is 1. The molecule has 1 aliphatic carbocycles. The molecule has 0 aliphatic heterocycles. The van der Waals surface area contributed by atoms with Crippen LogP contribution in [0.5, 0.6) is 5.75 Å².